The highest BCUT2D eigenvalue weighted by Crippen LogP contribution is 2.37. The summed E-state index contributed by atoms with van der Waals surface area (Å²) in [5.74, 6) is -0.453. The Balaban J connectivity index is 1.41. The molecule has 1 fully saturated rings. The third kappa shape index (κ3) is 7.53. The highest BCUT2D eigenvalue weighted by Gasteiger charge is 2.43. The van der Waals surface area contributed by atoms with Gasteiger partial charge in [0.25, 0.3) is 10.0 Å². The quantitative estimate of drug-likeness (QED) is 0.181. The number of hydrogen-bond donors (Lipinski definition) is 1. The molecule has 0 bridgehead atoms. The van der Waals surface area contributed by atoms with Gasteiger partial charge in [-0.05, 0) is 73.2 Å². The number of carbonyl (C=O) groups is 1. The van der Waals surface area contributed by atoms with E-state index in [2.05, 4.69) is 10.2 Å². The van der Waals surface area contributed by atoms with E-state index < -0.39 is 27.4 Å². The van der Waals surface area contributed by atoms with E-state index in [1.807, 2.05) is 0 Å². The zero-order valence-corrected chi connectivity index (χ0v) is 27.3. The highest BCUT2D eigenvalue weighted by atomic mass is 35.5. The number of aromatic nitrogens is 3. The summed E-state index contributed by atoms with van der Waals surface area (Å²) in [5, 5.41) is 19.6. The lowest BCUT2D eigenvalue weighted by Gasteiger charge is -2.37. The van der Waals surface area contributed by atoms with Gasteiger partial charge in [0.1, 0.15) is 12.6 Å². The number of fused-ring (bicyclic) bond motifs is 1. The fourth-order valence-corrected chi connectivity index (χ4v) is 7.70. The summed E-state index contributed by atoms with van der Waals surface area (Å²) in [4.78, 5) is 12.4. The number of halogens is 2. The van der Waals surface area contributed by atoms with Gasteiger partial charge in [0.05, 0.1) is 22.7 Å². The second-order valence-corrected chi connectivity index (χ2v) is 14.4. The minimum absolute atomic E-state index is 0.107. The molecule has 0 radical (unpaired) electrons. The predicted molar refractivity (Wildman–Crippen MR) is 171 cm³/mol. The van der Waals surface area contributed by atoms with Crippen LogP contribution < -0.4 is 9.04 Å². The largest absolute Gasteiger partial charge is 0.480 e. The SMILES string of the molecule is CC(C)(C)C(C(=O)O)N(c1ccc2c(ccn2-c2ccc(OCCOC3CCCCO3)nn2)c1)S(=O)(=O)c1cc(Cl)cc(Cl)c1. The van der Waals surface area contributed by atoms with Gasteiger partial charge in [-0.2, -0.15) is 0 Å². The summed E-state index contributed by atoms with van der Waals surface area (Å²) in [7, 11) is -4.44. The van der Waals surface area contributed by atoms with Gasteiger partial charge in [-0.3, -0.25) is 8.87 Å². The fourth-order valence-electron chi connectivity index (χ4n) is 5.19. The molecule has 0 saturated carbocycles. The number of carboxylic acid groups (broad SMARTS) is 1. The molecule has 1 N–H and O–H groups in total. The average molecular weight is 678 g/mol. The van der Waals surface area contributed by atoms with Crippen LogP contribution in [-0.2, 0) is 24.3 Å². The van der Waals surface area contributed by atoms with Gasteiger partial charge in [-0.25, -0.2) is 13.2 Å². The minimum Gasteiger partial charge on any atom is -0.480 e. The first kappa shape index (κ1) is 33.0. The maximum absolute atomic E-state index is 14.1. The molecular formula is C31H34Cl2N4O7S. The molecule has 11 nitrogen and oxygen atoms in total. The number of carboxylic acids is 1. The molecule has 5 rings (SSSR count). The zero-order chi connectivity index (χ0) is 32.4. The van der Waals surface area contributed by atoms with E-state index in [0.717, 1.165) is 23.6 Å². The van der Waals surface area contributed by atoms with E-state index in [1.165, 1.54) is 18.2 Å². The van der Waals surface area contributed by atoms with Crippen molar-refractivity contribution in [2.24, 2.45) is 5.41 Å². The van der Waals surface area contributed by atoms with Gasteiger partial charge < -0.3 is 19.3 Å². The van der Waals surface area contributed by atoms with E-state index in [1.54, 1.807) is 67.9 Å². The molecule has 1 aliphatic rings. The van der Waals surface area contributed by atoms with E-state index in [0.29, 0.717) is 42.4 Å². The maximum atomic E-state index is 14.1. The van der Waals surface area contributed by atoms with Gasteiger partial charge in [0.2, 0.25) is 5.88 Å². The monoisotopic (exact) mass is 676 g/mol. The molecule has 0 aliphatic carbocycles. The lowest BCUT2D eigenvalue weighted by molar-refractivity contribution is -0.165. The van der Waals surface area contributed by atoms with Crippen molar-refractivity contribution in [3.63, 3.8) is 0 Å². The predicted octanol–water partition coefficient (Wildman–Crippen LogP) is 6.34. The summed E-state index contributed by atoms with van der Waals surface area (Å²) in [6.45, 7) is 6.38. The summed E-state index contributed by atoms with van der Waals surface area (Å²) in [5.41, 5.74) is -0.125. The lowest BCUT2D eigenvalue weighted by atomic mass is 9.86. The van der Waals surface area contributed by atoms with Gasteiger partial charge in [0, 0.05) is 34.3 Å². The third-order valence-electron chi connectivity index (χ3n) is 7.26. The van der Waals surface area contributed by atoms with Crippen LogP contribution in [0.1, 0.15) is 40.0 Å². The standard InChI is InChI=1S/C31H34Cl2N4O7S/c1-31(2,3)29(30(38)39)37(45(40,41)24-18-21(32)17-22(33)19-24)23-7-8-25-20(16-23)11-12-36(25)26-9-10-27(35-34-26)42-14-15-44-28-6-4-5-13-43-28/h7-12,16-19,28-29H,4-6,13-15H2,1-3H3,(H,38,39). The number of ether oxygens (including phenoxy) is 3. The van der Waals surface area contributed by atoms with Crippen LogP contribution >= 0.6 is 23.2 Å². The topological polar surface area (TPSA) is 133 Å². The van der Waals surface area contributed by atoms with E-state index in [9.17, 15) is 18.3 Å². The van der Waals surface area contributed by atoms with E-state index in [4.69, 9.17) is 37.4 Å². The van der Waals surface area contributed by atoms with Gasteiger partial charge in [0.15, 0.2) is 12.1 Å². The van der Waals surface area contributed by atoms with Crippen molar-refractivity contribution in [3.8, 4) is 11.7 Å². The summed E-state index contributed by atoms with van der Waals surface area (Å²) in [6, 6.07) is 12.6. The Morgan fingerprint density at radius 2 is 1.82 bits per heavy atom. The Labute approximate surface area is 271 Å². The first-order valence-corrected chi connectivity index (χ1v) is 16.6. The van der Waals surface area contributed by atoms with Crippen LogP contribution in [0.5, 0.6) is 5.88 Å². The second kappa shape index (κ2) is 13.5. The van der Waals surface area contributed by atoms with Crippen LogP contribution in [0, 0.1) is 5.41 Å². The van der Waals surface area contributed by atoms with Crippen molar-refractivity contribution in [3.05, 3.63) is 70.8 Å². The van der Waals surface area contributed by atoms with E-state index >= 15 is 0 Å². The minimum atomic E-state index is -4.44. The first-order chi connectivity index (χ1) is 21.3. The third-order valence-corrected chi connectivity index (χ3v) is 9.47. The molecule has 14 heteroatoms. The maximum Gasteiger partial charge on any atom is 0.328 e. The Kier molecular flexibility index (Phi) is 9.90. The Bertz CT molecular complexity index is 1750. The summed E-state index contributed by atoms with van der Waals surface area (Å²) >= 11 is 12.3. The van der Waals surface area contributed by atoms with Crippen LogP contribution in [-0.4, -0.2) is 66.4 Å². The molecule has 4 aromatic rings. The highest BCUT2D eigenvalue weighted by molar-refractivity contribution is 7.93. The number of nitrogens with zero attached hydrogens (tertiary/aromatic N) is 4. The molecule has 45 heavy (non-hydrogen) atoms. The number of benzene rings is 2. The second-order valence-electron chi connectivity index (χ2n) is 11.7. The number of rotatable bonds is 11. The molecule has 2 unspecified atom stereocenters. The molecule has 2 aromatic carbocycles. The molecule has 2 aromatic heterocycles. The lowest BCUT2D eigenvalue weighted by Crippen LogP contribution is -2.52. The van der Waals surface area contributed by atoms with Gasteiger partial charge in [-0.1, -0.05) is 44.0 Å². The molecule has 1 saturated heterocycles. The summed E-state index contributed by atoms with van der Waals surface area (Å²) < 4.78 is 47.8. The van der Waals surface area contributed by atoms with Crippen LogP contribution in [0.25, 0.3) is 16.7 Å². The Hall–Kier alpha value is -3.42. The molecule has 0 amide bonds. The van der Waals surface area contributed by atoms with Crippen molar-refractivity contribution < 1.29 is 32.5 Å². The van der Waals surface area contributed by atoms with Crippen molar-refractivity contribution in [2.75, 3.05) is 24.1 Å². The van der Waals surface area contributed by atoms with Crippen molar-refractivity contribution >= 4 is 55.8 Å². The van der Waals surface area contributed by atoms with Crippen molar-refractivity contribution in [1.82, 2.24) is 14.8 Å². The van der Waals surface area contributed by atoms with Crippen molar-refractivity contribution in [1.29, 1.82) is 0 Å². The van der Waals surface area contributed by atoms with Gasteiger partial charge in [-0.15, -0.1) is 10.2 Å². The molecular weight excluding hydrogens is 643 g/mol. The molecule has 1 aliphatic heterocycles. The molecule has 0 spiro atoms. The number of sulfonamides is 1. The van der Waals surface area contributed by atoms with Crippen LogP contribution in [0.4, 0.5) is 5.69 Å². The molecule has 2 atom stereocenters. The summed E-state index contributed by atoms with van der Waals surface area (Å²) in [6.07, 6.45) is 4.60. The van der Waals surface area contributed by atoms with Gasteiger partial charge >= 0.3 is 5.97 Å². The average Bonchev–Trinajstić information content (AvgIpc) is 3.41. The Morgan fingerprint density at radius 3 is 2.44 bits per heavy atom. The van der Waals surface area contributed by atoms with Crippen LogP contribution in [0.3, 0.4) is 0 Å². The van der Waals surface area contributed by atoms with E-state index in [-0.39, 0.29) is 26.9 Å². The fraction of sp³-hybridized carbons (Fsp3) is 0.387. The normalized spacial score (nSPS) is 16.4. The number of aliphatic carboxylic acids is 1. The first-order valence-electron chi connectivity index (χ1n) is 14.4. The zero-order valence-electron chi connectivity index (χ0n) is 25.0. The Morgan fingerprint density at radius 1 is 1.07 bits per heavy atom. The van der Waals surface area contributed by atoms with Crippen LogP contribution in [0.2, 0.25) is 10.0 Å². The molecule has 3 heterocycles. The molecule has 240 valence electrons. The number of hydrogen-bond acceptors (Lipinski definition) is 8. The van der Waals surface area contributed by atoms with Crippen molar-refractivity contribution in [2.45, 2.75) is 57.3 Å². The smallest absolute Gasteiger partial charge is 0.328 e. The van der Waals surface area contributed by atoms with Crippen LogP contribution in [0.15, 0.2) is 65.7 Å². The number of anilines is 1.